The maximum absolute atomic E-state index is 5.46. The van der Waals surface area contributed by atoms with Crippen molar-refractivity contribution in [1.29, 1.82) is 0 Å². The summed E-state index contributed by atoms with van der Waals surface area (Å²) in [5.41, 5.74) is 0. The summed E-state index contributed by atoms with van der Waals surface area (Å²) in [5.74, 6) is 12.4. The fourth-order valence-electron chi connectivity index (χ4n) is 0.460. The highest BCUT2D eigenvalue weighted by Crippen LogP contribution is 1.88. The van der Waals surface area contributed by atoms with Gasteiger partial charge in [-0.3, -0.25) is 0 Å². The number of hydrogen-bond donors (Lipinski definition) is 0. The molecule has 0 radical (unpaired) electrons. The monoisotopic (exact) mass is 232 g/mol. The number of hydrogen-bond acceptors (Lipinski definition) is 0. The van der Waals surface area contributed by atoms with Crippen molar-refractivity contribution in [1.82, 2.24) is 0 Å². The summed E-state index contributed by atoms with van der Waals surface area (Å²) in [4.78, 5) is 0. The van der Waals surface area contributed by atoms with E-state index < -0.39 is 0 Å². The van der Waals surface area contributed by atoms with Crippen LogP contribution in [0.1, 0.15) is 19.3 Å². The highest BCUT2D eigenvalue weighted by molar-refractivity contribution is 9.09. The number of alkyl halides is 2. The lowest BCUT2D eigenvalue weighted by molar-refractivity contribution is 0.990. The van der Waals surface area contributed by atoms with Crippen LogP contribution in [0.4, 0.5) is 0 Å². The van der Waals surface area contributed by atoms with Crippen LogP contribution in [0, 0.1) is 23.7 Å². The SMILES string of the molecule is ClCCCC#CCC#CCBr. The van der Waals surface area contributed by atoms with Crippen LogP contribution in [0.3, 0.4) is 0 Å². The van der Waals surface area contributed by atoms with Crippen LogP contribution < -0.4 is 0 Å². The minimum absolute atomic E-state index is 0.674. The fourth-order valence-corrected chi connectivity index (χ4v) is 0.792. The average Bonchev–Trinajstić information content (AvgIpc) is 2.03. The highest BCUT2D eigenvalue weighted by Gasteiger charge is 1.76. The van der Waals surface area contributed by atoms with Crippen LogP contribution >= 0.6 is 27.5 Å². The van der Waals surface area contributed by atoms with Gasteiger partial charge in [-0.15, -0.1) is 17.5 Å². The van der Waals surface area contributed by atoms with Crippen molar-refractivity contribution in [2.45, 2.75) is 19.3 Å². The van der Waals surface area contributed by atoms with Gasteiger partial charge in [-0.25, -0.2) is 0 Å². The summed E-state index contributed by atoms with van der Waals surface area (Å²) in [6.07, 6.45) is 2.54. The van der Waals surface area contributed by atoms with Crippen LogP contribution in [0.5, 0.6) is 0 Å². The van der Waals surface area contributed by atoms with Crippen LogP contribution in [0.25, 0.3) is 0 Å². The Morgan fingerprint density at radius 2 is 1.82 bits per heavy atom. The van der Waals surface area contributed by atoms with E-state index in [9.17, 15) is 0 Å². The van der Waals surface area contributed by atoms with E-state index in [2.05, 4.69) is 39.6 Å². The molecular weight excluding hydrogens is 223 g/mol. The molecule has 60 valence electrons. The minimum Gasteiger partial charge on any atom is -0.127 e. The van der Waals surface area contributed by atoms with E-state index in [-0.39, 0.29) is 0 Å². The van der Waals surface area contributed by atoms with Gasteiger partial charge in [0.25, 0.3) is 0 Å². The van der Waals surface area contributed by atoms with E-state index in [1.165, 1.54) is 0 Å². The Hall–Kier alpha value is -0.110. The van der Waals surface area contributed by atoms with Gasteiger partial charge in [-0.1, -0.05) is 33.7 Å². The largest absolute Gasteiger partial charge is 0.127 e. The summed E-state index contributed by atoms with van der Waals surface area (Å²) < 4.78 is 0. The fraction of sp³-hybridized carbons (Fsp3) is 0.556. The third-order valence-electron chi connectivity index (χ3n) is 0.929. The number of halogens is 2. The highest BCUT2D eigenvalue weighted by atomic mass is 79.9. The van der Waals surface area contributed by atoms with Crippen molar-refractivity contribution in [3.8, 4) is 23.7 Å². The van der Waals surface area contributed by atoms with Crippen LogP contribution in [-0.2, 0) is 0 Å². The van der Waals surface area contributed by atoms with Gasteiger partial charge < -0.3 is 0 Å². The Labute approximate surface area is 81.8 Å². The van der Waals surface area contributed by atoms with Gasteiger partial charge in [0, 0.05) is 12.3 Å². The first-order valence-electron chi connectivity index (χ1n) is 3.45. The van der Waals surface area contributed by atoms with Gasteiger partial charge in [0.2, 0.25) is 0 Å². The first-order valence-corrected chi connectivity index (χ1v) is 5.10. The molecule has 0 N–H and O–H groups in total. The molecule has 0 aromatic rings. The lowest BCUT2D eigenvalue weighted by Gasteiger charge is -1.80. The Morgan fingerprint density at radius 3 is 2.45 bits per heavy atom. The zero-order chi connectivity index (χ0) is 8.36. The second-order valence-corrected chi connectivity index (χ2v) is 2.75. The Kier molecular flexibility index (Phi) is 9.79. The molecular formula is C9H10BrCl. The van der Waals surface area contributed by atoms with Crippen molar-refractivity contribution in [3.05, 3.63) is 0 Å². The van der Waals surface area contributed by atoms with Gasteiger partial charge in [0.05, 0.1) is 11.8 Å². The molecule has 0 nitrogen and oxygen atoms in total. The van der Waals surface area contributed by atoms with E-state index >= 15 is 0 Å². The van der Waals surface area contributed by atoms with E-state index in [1.807, 2.05) is 0 Å². The minimum atomic E-state index is 0.674. The standard InChI is InChI=1S/C9H10BrCl/c10-8-6-4-2-1-3-5-7-9-11/h2,5,7-9H2. The molecule has 0 fully saturated rings. The molecule has 0 aliphatic carbocycles. The molecule has 0 aliphatic heterocycles. The summed E-state index contributed by atoms with van der Waals surface area (Å²) >= 11 is 8.67. The van der Waals surface area contributed by atoms with Gasteiger partial charge in [0.1, 0.15) is 0 Å². The first-order chi connectivity index (χ1) is 5.41. The normalized spacial score (nSPS) is 7.45. The van der Waals surface area contributed by atoms with Gasteiger partial charge >= 0.3 is 0 Å². The molecule has 0 rings (SSSR count). The summed E-state index contributed by atoms with van der Waals surface area (Å²) in [5, 5.41) is 0.732. The van der Waals surface area contributed by atoms with Crippen molar-refractivity contribution in [3.63, 3.8) is 0 Å². The van der Waals surface area contributed by atoms with E-state index in [4.69, 9.17) is 11.6 Å². The van der Waals surface area contributed by atoms with E-state index in [0.717, 1.165) is 18.2 Å². The van der Waals surface area contributed by atoms with Gasteiger partial charge in [-0.05, 0) is 6.42 Å². The van der Waals surface area contributed by atoms with Crippen LogP contribution in [0.2, 0.25) is 0 Å². The molecule has 0 spiro atoms. The molecule has 0 aromatic heterocycles. The number of unbranched alkanes of at least 4 members (excludes halogenated alkanes) is 1. The Bertz CT molecular complexity index is 189. The summed E-state index contributed by atoms with van der Waals surface area (Å²) in [6, 6.07) is 0. The number of rotatable bonds is 2. The topological polar surface area (TPSA) is 0 Å². The molecule has 0 aromatic carbocycles. The molecule has 0 bridgehead atoms. The van der Waals surface area contributed by atoms with Crippen molar-refractivity contribution in [2.24, 2.45) is 0 Å². The molecule has 0 saturated carbocycles. The molecule has 0 unspecified atom stereocenters. The third kappa shape index (κ3) is 9.89. The van der Waals surface area contributed by atoms with Gasteiger partial charge in [0.15, 0.2) is 0 Å². The molecule has 0 aliphatic rings. The molecule has 0 saturated heterocycles. The second-order valence-electron chi connectivity index (χ2n) is 1.81. The lowest BCUT2D eigenvalue weighted by Crippen LogP contribution is -1.71. The van der Waals surface area contributed by atoms with E-state index in [1.54, 1.807) is 0 Å². The summed E-state index contributed by atoms with van der Waals surface area (Å²) in [6.45, 7) is 0. The average molecular weight is 234 g/mol. The Balaban J connectivity index is 3.25. The predicted molar refractivity (Wildman–Crippen MR) is 53.9 cm³/mol. The maximum atomic E-state index is 5.46. The van der Waals surface area contributed by atoms with Crippen molar-refractivity contribution < 1.29 is 0 Å². The first kappa shape index (κ1) is 10.9. The second kappa shape index (κ2) is 9.89. The van der Waals surface area contributed by atoms with Crippen molar-refractivity contribution in [2.75, 3.05) is 11.2 Å². The molecule has 0 amide bonds. The zero-order valence-electron chi connectivity index (χ0n) is 6.29. The smallest absolute Gasteiger partial charge is 0.0702 e. The summed E-state index contributed by atoms with van der Waals surface area (Å²) in [7, 11) is 0. The van der Waals surface area contributed by atoms with Crippen molar-refractivity contribution >= 4 is 27.5 Å². The Morgan fingerprint density at radius 1 is 1.09 bits per heavy atom. The molecule has 11 heavy (non-hydrogen) atoms. The van der Waals surface area contributed by atoms with E-state index in [0.29, 0.717) is 12.3 Å². The predicted octanol–water partition coefficient (Wildman–Crippen LogP) is 2.80. The molecule has 2 heteroatoms. The maximum Gasteiger partial charge on any atom is 0.0702 e. The third-order valence-corrected chi connectivity index (χ3v) is 1.48. The lowest BCUT2D eigenvalue weighted by atomic mass is 10.3. The van der Waals surface area contributed by atoms with Crippen LogP contribution in [-0.4, -0.2) is 11.2 Å². The van der Waals surface area contributed by atoms with Crippen LogP contribution in [0.15, 0.2) is 0 Å². The quantitative estimate of drug-likeness (QED) is 0.391. The van der Waals surface area contributed by atoms with Gasteiger partial charge in [-0.2, -0.15) is 0 Å². The molecule has 0 heterocycles. The molecule has 0 atom stereocenters. The zero-order valence-corrected chi connectivity index (χ0v) is 8.63.